The van der Waals surface area contributed by atoms with Gasteiger partial charge in [0.2, 0.25) is 5.91 Å². The van der Waals surface area contributed by atoms with Gasteiger partial charge in [-0.2, -0.15) is 0 Å². The van der Waals surface area contributed by atoms with Gasteiger partial charge in [-0.1, -0.05) is 51.8 Å². The first kappa shape index (κ1) is 21.3. The number of carbonyl (C=O) groups excluding carboxylic acids is 2. The summed E-state index contributed by atoms with van der Waals surface area (Å²) >= 11 is 10.6. The number of hydrogen-bond acceptors (Lipinski definition) is 4. The summed E-state index contributed by atoms with van der Waals surface area (Å²) in [5.74, 6) is -0.819. The van der Waals surface area contributed by atoms with Gasteiger partial charge in [-0.05, 0) is 48.4 Å². The first-order chi connectivity index (χ1) is 14.0. The Labute approximate surface area is 186 Å². The van der Waals surface area contributed by atoms with Gasteiger partial charge in [0.15, 0.2) is 0 Å². The zero-order chi connectivity index (χ0) is 20.8. The third-order valence-electron chi connectivity index (χ3n) is 3.94. The Kier molecular flexibility index (Phi) is 7.25. The zero-order valence-corrected chi connectivity index (χ0v) is 18.6. The zero-order valence-electron chi connectivity index (χ0n) is 15.4. The summed E-state index contributed by atoms with van der Waals surface area (Å²) in [6, 6.07) is 14.8. The predicted molar refractivity (Wildman–Crippen MR) is 123 cm³/mol. The van der Waals surface area contributed by atoms with Gasteiger partial charge >= 0.3 is 5.97 Å². The average Bonchev–Trinajstić information content (AvgIpc) is 3.11. The molecule has 2 aromatic carbocycles. The molecule has 0 aliphatic carbocycles. The molecule has 3 aromatic rings. The van der Waals surface area contributed by atoms with E-state index in [0.29, 0.717) is 15.6 Å². The van der Waals surface area contributed by atoms with Gasteiger partial charge in [0.1, 0.15) is 10.6 Å². The molecule has 3 rings (SSSR count). The quantitative estimate of drug-likeness (QED) is 0.310. The van der Waals surface area contributed by atoms with Crippen molar-refractivity contribution in [3.05, 3.63) is 80.6 Å². The molecule has 7 heteroatoms. The Morgan fingerprint density at radius 2 is 1.97 bits per heavy atom. The fourth-order valence-corrected chi connectivity index (χ4v) is 4.06. The van der Waals surface area contributed by atoms with Gasteiger partial charge in [0, 0.05) is 26.5 Å². The van der Waals surface area contributed by atoms with E-state index >= 15 is 0 Å². The Morgan fingerprint density at radius 3 is 2.66 bits per heavy atom. The van der Waals surface area contributed by atoms with Crippen molar-refractivity contribution in [3.8, 4) is 11.1 Å². The molecule has 29 heavy (non-hydrogen) atoms. The molecule has 0 aliphatic heterocycles. The second-order valence-electron chi connectivity index (χ2n) is 5.96. The van der Waals surface area contributed by atoms with Crippen LogP contribution >= 0.6 is 38.9 Å². The number of nitrogens with one attached hydrogen (secondary N) is 1. The molecule has 0 atom stereocenters. The number of anilines is 1. The highest BCUT2D eigenvalue weighted by atomic mass is 79.9. The topological polar surface area (TPSA) is 55.4 Å². The van der Waals surface area contributed by atoms with Crippen LogP contribution in [0.25, 0.3) is 17.2 Å². The van der Waals surface area contributed by atoms with E-state index in [2.05, 4.69) is 21.2 Å². The lowest BCUT2D eigenvalue weighted by Gasteiger charge is -2.08. The molecule has 0 spiro atoms. The third kappa shape index (κ3) is 5.56. The number of carbonyl (C=O) groups is 2. The highest BCUT2D eigenvalue weighted by Gasteiger charge is 2.22. The average molecular weight is 491 g/mol. The van der Waals surface area contributed by atoms with E-state index in [1.807, 2.05) is 41.8 Å². The molecule has 0 fully saturated rings. The molecule has 1 aromatic heterocycles. The molecular formula is C22H17BrClNO3S. The van der Waals surface area contributed by atoms with Crippen molar-refractivity contribution in [2.24, 2.45) is 0 Å². The van der Waals surface area contributed by atoms with Crippen LogP contribution < -0.4 is 5.32 Å². The van der Waals surface area contributed by atoms with Gasteiger partial charge in [-0.3, -0.25) is 4.79 Å². The van der Waals surface area contributed by atoms with Crippen molar-refractivity contribution in [2.45, 2.75) is 6.92 Å². The fraction of sp³-hybridized carbons (Fsp3) is 0.0909. The lowest BCUT2D eigenvalue weighted by molar-refractivity contribution is -0.111. The Balaban J connectivity index is 1.87. The summed E-state index contributed by atoms with van der Waals surface area (Å²) in [6.07, 6.45) is 3.06. The minimum Gasteiger partial charge on any atom is -0.462 e. The molecule has 4 nitrogen and oxygen atoms in total. The maximum absolute atomic E-state index is 12.6. The van der Waals surface area contributed by atoms with Crippen molar-refractivity contribution >= 4 is 61.8 Å². The maximum Gasteiger partial charge on any atom is 0.341 e. The number of hydrogen-bond donors (Lipinski definition) is 1. The summed E-state index contributed by atoms with van der Waals surface area (Å²) < 4.78 is 6.15. The first-order valence-electron chi connectivity index (χ1n) is 8.77. The molecular weight excluding hydrogens is 474 g/mol. The largest absolute Gasteiger partial charge is 0.462 e. The normalized spacial score (nSPS) is 10.9. The predicted octanol–water partition coefficient (Wildman–Crippen LogP) is 6.66. The highest BCUT2D eigenvalue weighted by Crippen LogP contribution is 2.36. The van der Waals surface area contributed by atoms with Crippen molar-refractivity contribution in [3.63, 3.8) is 0 Å². The molecule has 1 N–H and O–H groups in total. The number of rotatable bonds is 6. The summed E-state index contributed by atoms with van der Waals surface area (Å²) in [7, 11) is 0. The summed E-state index contributed by atoms with van der Waals surface area (Å²) in [6.45, 7) is 1.99. The number of benzene rings is 2. The van der Waals surface area contributed by atoms with Gasteiger partial charge in [0.05, 0.1) is 6.61 Å². The van der Waals surface area contributed by atoms with E-state index < -0.39 is 5.97 Å². The molecule has 0 unspecified atom stereocenters. The molecule has 1 heterocycles. The van der Waals surface area contributed by atoms with Crippen LogP contribution in [0, 0.1) is 0 Å². The van der Waals surface area contributed by atoms with E-state index in [4.69, 9.17) is 16.3 Å². The third-order valence-corrected chi connectivity index (χ3v) is 5.60. The van der Waals surface area contributed by atoms with E-state index in [0.717, 1.165) is 21.2 Å². The maximum atomic E-state index is 12.6. The molecule has 1 amide bonds. The van der Waals surface area contributed by atoms with Gasteiger partial charge in [-0.15, -0.1) is 11.3 Å². The van der Waals surface area contributed by atoms with E-state index in [1.54, 1.807) is 25.1 Å². The van der Waals surface area contributed by atoms with E-state index in [1.165, 1.54) is 17.4 Å². The van der Waals surface area contributed by atoms with Crippen LogP contribution in [0.3, 0.4) is 0 Å². The second-order valence-corrected chi connectivity index (χ2v) is 8.19. The highest BCUT2D eigenvalue weighted by molar-refractivity contribution is 9.10. The van der Waals surface area contributed by atoms with Crippen LogP contribution in [-0.2, 0) is 9.53 Å². The molecule has 0 aliphatic rings. The number of amides is 1. The van der Waals surface area contributed by atoms with Crippen molar-refractivity contribution < 1.29 is 14.3 Å². The van der Waals surface area contributed by atoms with Gasteiger partial charge in [-0.25, -0.2) is 4.79 Å². The first-order valence-corrected chi connectivity index (χ1v) is 10.8. The van der Waals surface area contributed by atoms with Crippen LogP contribution in [0.2, 0.25) is 5.02 Å². The van der Waals surface area contributed by atoms with Crippen LogP contribution in [0.15, 0.2) is 64.5 Å². The van der Waals surface area contributed by atoms with Gasteiger partial charge < -0.3 is 10.1 Å². The smallest absolute Gasteiger partial charge is 0.341 e. The lowest BCUT2D eigenvalue weighted by atomic mass is 10.0. The molecule has 0 bridgehead atoms. The van der Waals surface area contributed by atoms with Crippen LogP contribution in [0.1, 0.15) is 22.8 Å². The van der Waals surface area contributed by atoms with Crippen LogP contribution in [0.4, 0.5) is 5.00 Å². The van der Waals surface area contributed by atoms with Gasteiger partial charge in [0.25, 0.3) is 0 Å². The second kappa shape index (κ2) is 9.87. The van der Waals surface area contributed by atoms with Crippen LogP contribution in [-0.4, -0.2) is 18.5 Å². The van der Waals surface area contributed by atoms with E-state index in [9.17, 15) is 9.59 Å². The van der Waals surface area contributed by atoms with Crippen molar-refractivity contribution in [1.29, 1.82) is 0 Å². The van der Waals surface area contributed by atoms with Crippen LogP contribution in [0.5, 0.6) is 0 Å². The van der Waals surface area contributed by atoms with E-state index in [-0.39, 0.29) is 12.5 Å². The summed E-state index contributed by atoms with van der Waals surface area (Å²) in [4.78, 5) is 25.0. The summed E-state index contributed by atoms with van der Waals surface area (Å²) in [5, 5.41) is 5.66. The number of halogens is 2. The lowest BCUT2D eigenvalue weighted by Crippen LogP contribution is -2.12. The van der Waals surface area contributed by atoms with Crippen molar-refractivity contribution in [2.75, 3.05) is 11.9 Å². The number of thiophene rings is 1. The molecule has 0 saturated heterocycles. The Hall–Kier alpha value is -2.41. The molecule has 148 valence electrons. The minimum absolute atomic E-state index is 0.247. The fourth-order valence-electron chi connectivity index (χ4n) is 2.63. The molecule has 0 saturated carbocycles. The monoisotopic (exact) mass is 489 g/mol. The SMILES string of the molecule is CCOC(=O)c1c(-c2ccc(Br)cc2)csc1NC(=O)/C=C/c1cccc(Cl)c1. The van der Waals surface area contributed by atoms with Crippen molar-refractivity contribution in [1.82, 2.24) is 0 Å². The minimum atomic E-state index is -0.471. The summed E-state index contributed by atoms with van der Waals surface area (Å²) in [5.41, 5.74) is 2.74. The molecule has 0 radical (unpaired) electrons. The standard InChI is InChI=1S/C22H17BrClNO3S/c1-2-28-22(27)20-18(15-7-9-16(23)10-8-15)13-29-21(20)25-19(26)11-6-14-4-3-5-17(24)12-14/h3-13H,2H2,1H3,(H,25,26)/b11-6+. The Morgan fingerprint density at radius 1 is 1.21 bits per heavy atom. The Bertz CT molecular complexity index is 1060. The number of esters is 1. The number of ether oxygens (including phenoxy) is 1.